The molecule has 1 saturated heterocycles. The summed E-state index contributed by atoms with van der Waals surface area (Å²) in [4.78, 5) is 0. The maximum atomic E-state index is 2.91. The average molecular weight is 273 g/mol. The van der Waals surface area contributed by atoms with Crippen LogP contribution in [0.5, 0.6) is 0 Å². The van der Waals surface area contributed by atoms with Gasteiger partial charge in [0.2, 0.25) is 0 Å². The van der Waals surface area contributed by atoms with Gasteiger partial charge in [-0.05, 0) is 37.0 Å². The van der Waals surface area contributed by atoms with Gasteiger partial charge < -0.3 is 9.13 Å². The normalized spacial score (nSPS) is 28.8. The molecule has 0 aromatic heterocycles. The number of hydrogen-bond acceptors (Lipinski definition) is 2. The molecule has 1 fully saturated rings. The molecular formula is C13H32N2Si2. The van der Waals surface area contributed by atoms with E-state index in [2.05, 4.69) is 50.7 Å². The summed E-state index contributed by atoms with van der Waals surface area (Å²) in [5, 5.41) is 0. The van der Waals surface area contributed by atoms with Gasteiger partial charge in [-0.15, -0.1) is 0 Å². The van der Waals surface area contributed by atoms with Gasteiger partial charge in [-0.25, -0.2) is 0 Å². The summed E-state index contributed by atoms with van der Waals surface area (Å²) >= 11 is 0. The van der Waals surface area contributed by atoms with E-state index in [4.69, 9.17) is 0 Å². The molecule has 1 heterocycles. The fourth-order valence-corrected chi connectivity index (χ4v) is 13.1. The predicted molar refractivity (Wildman–Crippen MR) is 83.8 cm³/mol. The first-order valence-corrected chi connectivity index (χ1v) is 12.7. The highest BCUT2D eigenvalue weighted by molar-refractivity contribution is 6.97. The zero-order valence-electron chi connectivity index (χ0n) is 12.7. The molecule has 0 bridgehead atoms. The maximum Gasteiger partial charge on any atom is 0.0975 e. The van der Waals surface area contributed by atoms with E-state index in [1.165, 1.54) is 19.3 Å². The van der Waals surface area contributed by atoms with Crippen LogP contribution in [0.4, 0.5) is 0 Å². The second kappa shape index (κ2) is 7.07. The van der Waals surface area contributed by atoms with E-state index < -0.39 is 0 Å². The fraction of sp³-hybridized carbons (Fsp3) is 1.00. The second-order valence-electron chi connectivity index (χ2n) is 6.29. The molecule has 0 N–H and O–H groups in total. The van der Waals surface area contributed by atoms with Crippen LogP contribution in [0, 0.1) is 0 Å². The third-order valence-electron chi connectivity index (χ3n) is 4.32. The molecule has 0 aromatic rings. The molecule has 0 saturated carbocycles. The first-order chi connectivity index (χ1) is 7.93. The van der Waals surface area contributed by atoms with E-state index in [1.807, 2.05) is 0 Å². The van der Waals surface area contributed by atoms with E-state index in [0.717, 1.165) is 24.2 Å². The Balaban J connectivity index is 2.46. The third-order valence-corrected chi connectivity index (χ3v) is 12.0. The molecule has 4 heteroatoms. The van der Waals surface area contributed by atoms with Crippen LogP contribution in [0.1, 0.15) is 60.8 Å². The van der Waals surface area contributed by atoms with Gasteiger partial charge in [0.15, 0.2) is 0 Å². The molecule has 2 nitrogen and oxygen atoms in total. The summed E-state index contributed by atoms with van der Waals surface area (Å²) in [6.07, 6.45) is 4.33. The van der Waals surface area contributed by atoms with Crippen LogP contribution in [0.15, 0.2) is 0 Å². The number of piperidine rings is 1. The highest BCUT2D eigenvalue weighted by Gasteiger charge is 2.25. The largest absolute Gasteiger partial charge is 0.326 e. The Morgan fingerprint density at radius 2 is 1.47 bits per heavy atom. The highest BCUT2D eigenvalue weighted by atomic mass is 29.2. The van der Waals surface area contributed by atoms with E-state index in [0.29, 0.717) is 0 Å². The number of nitrogens with zero attached hydrogens (tertiary/aromatic N) is 2. The van der Waals surface area contributed by atoms with Crippen LogP contribution >= 0.6 is 0 Å². The molecule has 1 rings (SSSR count). The molecule has 2 unspecified atom stereocenters. The number of hydrogen-bond donors (Lipinski definition) is 0. The lowest BCUT2D eigenvalue weighted by molar-refractivity contribution is 0.208. The zero-order chi connectivity index (χ0) is 13.0. The highest BCUT2D eigenvalue weighted by Crippen LogP contribution is 2.21. The van der Waals surface area contributed by atoms with E-state index in [9.17, 15) is 0 Å². The SMILES string of the molecule is CC(C)N([SiH2][SiH2]N1C(C)CCCC1C)C(C)C. The van der Waals surface area contributed by atoms with Gasteiger partial charge in [0.25, 0.3) is 0 Å². The summed E-state index contributed by atoms with van der Waals surface area (Å²) < 4.78 is 5.72. The van der Waals surface area contributed by atoms with Crippen molar-refractivity contribution in [3.8, 4) is 0 Å². The monoisotopic (exact) mass is 272 g/mol. The Labute approximate surface area is 113 Å². The van der Waals surface area contributed by atoms with Crippen molar-refractivity contribution in [3.05, 3.63) is 0 Å². The van der Waals surface area contributed by atoms with Gasteiger partial charge in [0, 0.05) is 0 Å². The first kappa shape index (κ1) is 15.4. The molecule has 0 spiro atoms. The molecular weight excluding hydrogens is 240 g/mol. The Bertz CT molecular complexity index is 203. The smallest absolute Gasteiger partial charge is 0.0975 e. The van der Waals surface area contributed by atoms with Crippen molar-refractivity contribution >= 4 is 18.4 Å². The molecule has 0 amide bonds. The van der Waals surface area contributed by atoms with Crippen LogP contribution in [-0.4, -0.2) is 51.7 Å². The van der Waals surface area contributed by atoms with Crippen molar-refractivity contribution in [2.45, 2.75) is 85.0 Å². The molecule has 0 aromatic carbocycles. The van der Waals surface area contributed by atoms with Gasteiger partial charge in [0.1, 0.15) is 0 Å². The Morgan fingerprint density at radius 1 is 1.00 bits per heavy atom. The Hall–Kier alpha value is 0.354. The lowest BCUT2D eigenvalue weighted by Gasteiger charge is -2.41. The molecule has 1 aliphatic heterocycles. The van der Waals surface area contributed by atoms with E-state index in [1.54, 1.807) is 0 Å². The van der Waals surface area contributed by atoms with Gasteiger partial charge in [-0.2, -0.15) is 0 Å². The van der Waals surface area contributed by atoms with Crippen molar-refractivity contribution in [2.75, 3.05) is 0 Å². The van der Waals surface area contributed by atoms with E-state index >= 15 is 0 Å². The van der Waals surface area contributed by atoms with Crippen molar-refractivity contribution < 1.29 is 0 Å². The van der Waals surface area contributed by atoms with Crippen molar-refractivity contribution in [1.82, 2.24) is 9.13 Å². The average Bonchev–Trinajstić information content (AvgIpc) is 2.21. The summed E-state index contributed by atoms with van der Waals surface area (Å²) in [7, 11) is 0.0558. The van der Waals surface area contributed by atoms with Crippen LogP contribution in [-0.2, 0) is 0 Å². The molecule has 102 valence electrons. The van der Waals surface area contributed by atoms with Gasteiger partial charge in [-0.3, -0.25) is 0 Å². The van der Waals surface area contributed by atoms with Crippen molar-refractivity contribution in [1.29, 1.82) is 0 Å². The summed E-state index contributed by atoms with van der Waals surface area (Å²) in [6.45, 7) is 14.4. The van der Waals surface area contributed by atoms with Gasteiger partial charge in [-0.1, -0.05) is 48.0 Å². The quantitative estimate of drug-likeness (QED) is 0.699. The van der Waals surface area contributed by atoms with Gasteiger partial charge in [0.05, 0.1) is 18.4 Å². The molecule has 17 heavy (non-hydrogen) atoms. The number of rotatable bonds is 5. The third kappa shape index (κ3) is 4.50. The lowest BCUT2D eigenvalue weighted by Crippen LogP contribution is -2.53. The summed E-state index contributed by atoms with van der Waals surface area (Å²) in [5.41, 5.74) is 0. The minimum Gasteiger partial charge on any atom is -0.326 e. The van der Waals surface area contributed by atoms with Crippen LogP contribution in [0.3, 0.4) is 0 Å². The Morgan fingerprint density at radius 3 is 1.88 bits per heavy atom. The summed E-state index contributed by atoms with van der Waals surface area (Å²) in [6, 6.07) is 3.26. The zero-order valence-corrected chi connectivity index (χ0v) is 15.6. The first-order valence-electron chi connectivity index (χ1n) is 7.45. The molecule has 0 aliphatic carbocycles. The molecule has 0 radical (unpaired) electrons. The maximum absolute atomic E-state index is 2.91. The molecule has 1 aliphatic rings. The Kier molecular flexibility index (Phi) is 6.41. The van der Waals surface area contributed by atoms with Crippen molar-refractivity contribution in [2.24, 2.45) is 0 Å². The second-order valence-corrected chi connectivity index (χ2v) is 11.3. The van der Waals surface area contributed by atoms with Gasteiger partial charge >= 0.3 is 0 Å². The lowest BCUT2D eigenvalue weighted by atomic mass is 10.0. The predicted octanol–water partition coefficient (Wildman–Crippen LogP) is 1.45. The minimum absolute atomic E-state index is 0.0200. The van der Waals surface area contributed by atoms with E-state index in [-0.39, 0.29) is 18.4 Å². The van der Waals surface area contributed by atoms with Crippen molar-refractivity contribution in [3.63, 3.8) is 0 Å². The van der Waals surface area contributed by atoms with Crippen LogP contribution < -0.4 is 0 Å². The molecule has 2 atom stereocenters. The summed E-state index contributed by atoms with van der Waals surface area (Å²) in [5.74, 6) is 0. The van der Waals surface area contributed by atoms with Crippen LogP contribution in [0.25, 0.3) is 0 Å². The fourth-order valence-electron chi connectivity index (χ4n) is 3.26. The minimum atomic E-state index is 0.0200. The standard InChI is InChI=1S/C13H32N2Si2/c1-10(2)14(11(3)4)16-17-15-12(5)8-7-9-13(15)6/h10-13H,7-9,16-17H2,1-6H3. The van der Waals surface area contributed by atoms with Crippen LogP contribution in [0.2, 0.25) is 0 Å². The topological polar surface area (TPSA) is 6.48 Å².